The van der Waals surface area contributed by atoms with Gasteiger partial charge in [-0.1, -0.05) is 6.07 Å². The van der Waals surface area contributed by atoms with E-state index in [0.29, 0.717) is 0 Å². The summed E-state index contributed by atoms with van der Waals surface area (Å²) in [6, 6.07) is 9.84. The second-order valence-electron chi connectivity index (χ2n) is 2.85. The van der Waals surface area contributed by atoms with Gasteiger partial charge in [-0.15, -0.1) is 0 Å². The topological polar surface area (TPSA) is 25.8 Å². The van der Waals surface area contributed by atoms with E-state index in [9.17, 15) is 0 Å². The SMILES string of the molecule is Cc1ncccc1-c1ccccn1. The van der Waals surface area contributed by atoms with Gasteiger partial charge in [0, 0.05) is 23.7 Å². The lowest BCUT2D eigenvalue weighted by Crippen LogP contribution is -1.87. The monoisotopic (exact) mass is 170 g/mol. The van der Waals surface area contributed by atoms with E-state index in [4.69, 9.17) is 0 Å². The van der Waals surface area contributed by atoms with Gasteiger partial charge in [0.2, 0.25) is 0 Å². The van der Waals surface area contributed by atoms with Gasteiger partial charge in [0.15, 0.2) is 0 Å². The Morgan fingerprint density at radius 3 is 2.46 bits per heavy atom. The van der Waals surface area contributed by atoms with Crippen LogP contribution < -0.4 is 0 Å². The van der Waals surface area contributed by atoms with Crippen LogP contribution in [0.4, 0.5) is 0 Å². The zero-order valence-corrected chi connectivity index (χ0v) is 7.44. The van der Waals surface area contributed by atoms with Crippen molar-refractivity contribution in [1.82, 2.24) is 9.97 Å². The molecule has 0 aliphatic rings. The van der Waals surface area contributed by atoms with Crippen LogP contribution in [0.15, 0.2) is 42.7 Å². The van der Waals surface area contributed by atoms with Crippen molar-refractivity contribution in [3.63, 3.8) is 0 Å². The van der Waals surface area contributed by atoms with Crippen LogP contribution >= 0.6 is 0 Å². The van der Waals surface area contributed by atoms with Crippen molar-refractivity contribution in [3.8, 4) is 11.3 Å². The average molecular weight is 170 g/mol. The molecule has 0 amide bonds. The lowest BCUT2D eigenvalue weighted by molar-refractivity contribution is 1.19. The van der Waals surface area contributed by atoms with Crippen LogP contribution in [0.1, 0.15) is 5.69 Å². The molecule has 2 rings (SSSR count). The molecule has 0 radical (unpaired) electrons. The van der Waals surface area contributed by atoms with Gasteiger partial charge in [0.25, 0.3) is 0 Å². The number of pyridine rings is 2. The Kier molecular flexibility index (Phi) is 2.04. The van der Waals surface area contributed by atoms with Crippen LogP contribution in [0.25, 0.3) is 11.3 Å². The molecule has 2 heteroatoms. The summed E-state index contributed by atoms with van der Waals surface area (Å²) < 4.78 is 0. The molecule has 2 aromatic heterocycles. The maximum atomic E-state index is 4.27. The van der Waals surface area contributed by atoms with E-state index in [1.807, 2.05) is 37.3 Å². The molecule has 0 atom stereocenters. The van der Waals surface area contributed by atoms with Gasteiger partial charge in [0.05, 0.1) is 5.69 Å². The summed E-state index contributed by atoms with van der Waals surface area (Å²) in [6.07, 6.45) is 3.59. The Hall–Kier alpha value is -1.70. The van der Waals surface area contributed by atoms with Gasteiger partial charge >= 0.3 is 0 Å². The highest BCUT2D eigenvalue weighted by atomic mass is 14.7. The number of aromatic nitrogens is 2. The second-order valence-corrected chi connectivity index (χ2v) is 2.85. The maximum Gasteiger partial charge on any atom is 0.0720 e. The fraction of sp³-hybridized carbons (Fsp3) is 0.0909. The third-order valence-electron chi connectivity index (χ3n) is 1.95. The van der Waals surface area contributed by atoms with E-state index in [1.165, 1.54) is 0 Å². The molecule has 13 heavy (non-hydrogen) atoms. The minimum Gasteiger partial charge on any atom is -0.261 e. The Bertz CT molecular complexity index is 396. The third-order valence-corrected chi connectivity index (χ3v) is 1.95. The van der Waals surface area contributed by atoms with E-state index in [0.717, 1.165) is 17.0 Å². The first-order valence-electron chi connectivity index (χ1n) is 4.21. The van der Waals surface area contributed by atoms with E-state index < -0.39 is 0 Å². The van der Waals surface area contributed by atoms with Crippen LogP contribution in [-0.2, 0) is 0 Å². The van der Waals surface area contributed by atoms with Crippen LogP contribution in [0.5, 0.6) is 0 Å². The second kappa shape index (κ2) is 3.35. The normalized spacial score (nSPS) is 9.92. The molecule has 0 aliphatic carbocycles. The van der Waals surface area contributed by atoms with E-state index in [1.54, 1.807) is 12.4 Å². The van der Waals surface area contributed by atoms with E-state index in [2.05, 4.69) is 9.97 Å². The molecule has 0 N–H and O–H groups in total. The maximum absolute atomic E-state index is 4.27. The fourth-order valence-electron chi connectivity index (χ4n) is 1.28. The minimum absolute atomic E-state index is 0.980. The Morgan fingerprint density at radius 1 is 0.923 bits per heavy atom. The zero-order valence-electron chi connectivity index (χ0n) is 7.44. The van der Waals surface area contributed by atoms with Crippen molar-refractivity contribution in [3.05, 3.63) is 48.4 Å². The Balaban J connectivity index is 2.54. The quantitative estimate of drug-likeness (QED) is 0.657. The van der Waals surface area contributed by atoms with Crippen LogP contribution in [0.3, 0.4) is 0 Å². The van der Waals surface area contributed by atoms with Gasteiger partial charge in [-0.25, -0.2) is 0 Å². The molecular formula is C11H10N2. The number of hydrogen-bond donors (Lipinski definition) is 0. The van der Waals surface area contributed by atoms with Crippen molar-refractivity contribution < 1.29 is 0 Å². The predicted molar refractivity (Wildman–Crippen MR) is 52.2 cm³/mol. The summed E-state index contributed by atoms with van der Waals surface area (Å²) in [5, 5.41) is 0. The highest BCUT2D eigenvalue weighted by Crippen LogP contribution is 2.17. The number of hydrogen-bond acceptors (Lipinski definition) is 2. The van der Waals surface area contributed by atoms with Crippen molar-refractivity contribution in [2.45, 2.75) is 6.92 Å². The first-order valence-corrected chi connectivity index (χ1v) is 4.21. The standard InChI is InChI=1S/C11H10N2/c1-9-10(5-4-8-12-9)11-6-2-3-7-13-11/h2-8H,1H3. The van der Waals surface area contributed by atoms with Crippen molar-refractivity contribution >= 4 is 0 Å². The molecular weight excluding hydrogens is 160 g/mol. The minimum atomic E-state index is 0.980. The lowest BCUT2D eigenvalue weighted by Gasteiger charge is -2.02. The lowest BCUT2D eigenvalue weighted by atomic mass is 10.1. The number of aryl methyl sites for hydroxylation is 1. The Labute approximate surface area is 77.3 Å². The van der Waals surface area contributed by atoms with E-state index >= 15 is 0 Å². The van der Waals surface area contributed by atoms with Gasteiger partial charge < -0.3 is 0 Å². The smallest absolute Gasteiger partial charge is 0.0720 e. The number of rotatable bonds is 1. The van der Waals surface area contributed by atoms with Crippen molar-refractivity contribution in [2.75, 3.05) is 0 Å². The molecule has 0 saturated heterocycles. The van der Waals surface area contributed by atoms with Gasteiger partial charge in [-0.05, 0) is 31.2 Å². The summed E-state index contributed by atoms with van der Waals surface area (Å²) in [6.45, 7) is 1.99. The molecule has 2 heterocycles. The summed E-state index contributed by atoms with van der Waals surface area (Å²) in [4.78, 5) is 8.49. The molecule has 64 valence electrons. The largest absolute Gasteiger partial charge is 0.261 e. The highest BCUT2D eigenvalue weighted by Gasteiger charge is 2.00. The molecule has 2 aromatic rings. The molecule has 0 fully saturated rings. The zero-order chi connectivity index (χ0) is 9.10. The fourth-order valence-corrected chi connectivity index (χ4v) is 1.28. The molecule has 0 bridgehead atoms. The highest BCUT2D eigenvalue weighted by molar-refractivity contribution is 5.60. The summed E-state index contributed by atoms with van der Waals surface area (Å²) >= 11 is 0. The van der Waals surface area contributed by atoms with Crippen LogP contribution in [0, 0.1) is 6.92 Å². The van der Waals surface area contributed by atoms with Crippen LogP contribution in [-0.4, -0.2) is 9.97 Å². The molecule has 0 aromatic carbocycles. The molecule has 0 spiro atoms. The summed E-state index contributed by atoms with van der Waals surface area (Å²) in [5.74, 6) is 0. The number of nitrogens with zero attached hydrogens (tertiary/aromatic N) is 2. The summed E-state index contributed by atoms with van der Waals surface area (Å²) in [7, 11) is 0. The molecule has 2 nitrogen and oxygen atoms in total. The Morgan fingerprint density at radius 2 is 1.77 bits per heavy atom. The van der Waals surface area contributed by atoms with Gasteiger partial charge in [-0.2, -0.15) is 0 Å². The predicted octanol–water partition coefficient (Wildman–Crippen LogP) is 2.45. The van der Waals surface area contributed by atoms with Gasteiger partial charge in [-0.3, -0.25) is 9.97 Å². The van der Waals surface area contributed by atoms with E-state index in [-0.39, 0.29) is 0 Å². The molecule has 0 saturated carbocycles. The summed E-state index contributed by atoms with van der Waals surface area (Å²) in [5.41, 5.74) is 3.09. The first-order chi connectivity index (χ1) is 6.38. The van der Waals surface area contributed by atoms with Crippen LogP contribution in [0.2, 0.25) is 0 Å². The molecule has 0 aliphatic heterocycles. The van der Waals surface area contributed by atoms with Gasteiger partial charge in [0.1, 0.15) is 0 Å². The third kappa shape index (κ3) is 1.56. The average Bonchev–Trinajstić information content (AvgIpc) is 2.20. The van der Waals surface area contributed by atoms with Crippen molar-refractivity contribution in [1.29, 1.82) is 0 Å². The molecule has 0 unspecified atom stereocenters. The first kappa shape index (κ1) is 7.92. The van der Waals surface area contributed by atoms with Crippen molar-refractivity contribution in [2.24, 2.45) is 0 Å².